The number of carbonyl (C=O) groups is 2. The van der Waals surface area contributed by atoms with Crippen LogP contribution in [0.25, 0.3) is 0 Å². The molecule has 0 atom stereocenters. The molecule has 0 fully saturated rings. The van der Waals surface area contributed by atoms with E-state index in [0.717, 1.165) is 25.8 Å². The van der Waals surface area contributed by atoms with Gasteiger partial charge in [-0.2, -0.15) is 0 Å². The van der Waals surface area contributed by atoms with E-state index in [-0.39, 0.29) is 5.91 Å². The van der Waals surface area contributed by atoms with Gasteiger partial charge in [-0.3, -0.25) is 4.79 Å². The van der Waals surface area contributed by atoms with E-state index < -0.39 is 6.03 Å². The van der Waals surface area contributed by atoms with Gasteiger partial charge in [-0.15, -0.1) is 0 Å². The second-order valence-corrected chi connectivity index (χ2v) is 4.96. The number of rotatable bonds is 8. The largest absolute Gasteiger partial charge is 0.356 e. The zero-order chi connectivity index (χ0) is 13.9. The van der Waals surface area contributed by atoms with Crippen LogP contribution in [-0.2, 0) is 4.79 Å². The number of unbranched alkanes of at least 4 members (excludes halogenated alkanes) is 1. The molecular weight excluding hydrogens is 242 g/mol. The van der Waals surface area contributed by atoms with Crippen LogP contribution in [0.1, 0.15) is 51.4 Å². The minimum atomic E-state index is -0.509. The van der Waals surface area contributed by atoms with E-state index in [1.54, 1.807) is 0 Å². The average molecular weight is 267 g/mol. The predicted molar refractivity (Wildman–Crippen MR) is 75.6 cm³/mol. The molecule has 108 valence electrons. The van der Waals surface area contributed by atoms with Gasteiger partial charge < -0.3 is 16.4 Å². The summed E-state index contributed by atoms with van der Waals surface area (Å²) in [5.74, 6) is 0.0930. The van der Waals surface area contributed by atoms with Gasteiger partial charge in [0.15, 0.2) is 0 Å². The first-order valence-corrected chi connectivity index (χ1v) is 7.16. The Morgan fingerprint density at radius 2 is 2.00 bits per heavy atom. The molecular formula is C14H25N3O2. The van der Waals surface area contributed by atoms with Gasteiger partial charge in [0, 0.05) is 19.5 Å². The highest BCUT2D eigenvalue weighted by molar-refractivity contribution is 5.75. The Hall–Kier alpha value is -1.52. The Labute approximate surface area is 115 Å². The van der Waals surface area contributed by atoms with E-state index in [9.17, 15) is 9.59 Å². The summed E-state index contributed by atoms with van der Waals surface area (Å²) in [5.41, 5.74) is 6.42. The molecule has 4 N–H and O–H groups in total. The highest BCUT2D eigenvalue weighted by Gasteiger charge is 2.05. The van der Waals surface area contributed by atoms with Crippen molar-refractivity contribution in [1.82, 2.24) is 10.6 Å². The molecule has 0 aromatic rings. The lowest BCUT2D eigenvalue weighted by Crippen LogP contribution is -2.30. The lowest BCUT2D eigenvalue weighted by atomic mass is 9.97. The highest BCUT2D eigenvalue weighted by Crippen LogP contribution is 2.19. The van der Waals surface area contributed by atoms with Crippen LogP contribution in [0.5, 0.6) is 0 Å². The molecule has 3 amide bonds. The molecule has 0 bridgehead atoms. The monoisotopic (exact) mass is 267 g/mol. The molecule has 5 heteroatoms. The fraction of sp³-hybridized carbons (Fsp3) is 0.714. The third kappa shape index (κ3) is 8.24. The molecule has 0 heterocycles. The van der Waals surface area contributed by atoms with E-state index >= 15 is 0 Å². The molecule has 5 nitrogen and oxygen atoms in total. The molecule has 1 aliphatic carbocycles. The van der Waals surface area contributed by atoms with E-state index in [0.29, 0.717) is 13.0 Å². The zero-order valence-corrected chi connectivity index (χ0v) is 11.5. The van der Waals surface area contributed by atoms with Crippen molar-refractivity contribution >= 4 is 11.9 Å². The maximum absolute atomic E-state index is 11.5. The zero-order valence-electron chi connectivity index (χ0n) is 11.5. The van der Waals surface area contributed by atoms with Gasteiger partial charge in [-0.25, -0.2) is 4.79 Å². The maximum atomic E-state index is 11.5. The standard InChI is InChI=1S/C14H25N3O2/c15-14(19)17-10-5-4-8-13(18)16-11-9-12-6-2-1-3-7-12/h6H,1-5,7-11H2,(H,16,18)(H3,15,17,19). The molecule has 0 unspecified atom stereocenters. The first kappa shape index (κ1) is 15.5. The van der Waals surface area contributed by atoms with Crippen molar-refractivity contribution in [2.45, 2.75) is 51.4 Å². The van der Waals surface area contributed by atoms with Gasteiger partial charge in [0.25, 0.3) is 0 Å². The number of nitrogens with two attached hydrogens (primary N) is 1. The second kappa shape index (κ2) is 9.42. The number of allylic oxidation sites excluding steroid dienone is 1. The number of hydrogen-bond donors (Lipinski definition) is 3. The van der Waals surface area contributed by atoms with Gasteiger partial charge in [0.05, 0.1) is 0 Å². The van der Waals surface area contributed by atoms with Gasteiger partial charge in [-0.1, -0.05) is 11.6 Å². The minimum absolute atomic E-state index is 0.0930. The van der Waals surface area contributed by atoms with E-state index in [1.807, 2.05) is 0 Å². The van der Waals surface area contributed by atoms with Crippen molar-refractivity contribution in [3.8, 4) is 0 Å². The van der Waals surface area contributed by atoms with Crippen LogP contribution in [0.3, 0.4) is 0 Å². The fourth-order valence-corrected chi connectivity index (χ4v) is 2.20. The van der Waals surface area contributed by atoms with E-state index in [2.05, 4.69) is 16.7 Å². The van der Waals surface area contributed by atoms with Crippen LogP contribution >= 0.6 is 0 Å². The van der Waals surface area contributed by atoms with Crippen molar-refractivity contribution in [3.63, 3.8) is 0 Å². The Morgan fingerprint density at radius 1 is 1.16 bits per heavy atom. The molecule has 1 rings (SSSR count). The van der Waals surface area contributed by atoms with Crippen molar-refractivity contribution < 1.29 is 9.59 Å². The summed E-state index contributed by atoms with van der Waals surface area (Å²) in [5, 5.41) is 5.44. The maximum Gasteiger partial charge on any atom is 0.312 e. The summed E-state index contributed by atoms with van der Waals surface area (Å²) < 4.78 is 0. The number of amides is 3. The summed E-state index contributed by atoms with van der Waals surface area (Å²) >= 11 is 0. The third-order valence-electron chi connectivity index (χ3n) is 3.28. The number of primary amides is 1. The number of urea groups is 1. The van der Waals surface area contributed by atoms with Crippen LogP contribution in [0, 0.1) is 0 Å². The summed E-state index contributed by atoms with van der Waals surface area (Å²) in [7, 11) is 0. The lowest BCUT2D eigenvalue weighted by molar-refractivity contribution is -0.121. The molecule has 0 saturated carbocycles. The lowest BCUT2D eigenvalue weighted by Gasteiger charge is -2.12. The van der Waals surface area contributed by atoms with E-state index in [1.165, 1.54) is 31.3 Å². The fourth-order valence-electron chi connectivity index (χ4n) is 2.20. The Morgan fingerprint density at radius 3 is 2.68 bits per heavy atom. The van der Waals surface area contributed by atoms with Crippen LogP contribution < -0.4 is 16.4 Å². The van der Waals surface area contributed by atoms with Crippen LogP contribution in [0.2, 0.25) is 0 Å². The molecule has 0 spiro atoms. The molecule has 0 aromatic heterocycles. The van der Waals surface area contributed by atoms with Crippen molar-refractivity contribution in [2.24, 2.45) is 5.73 Å². The summed E-state index contributed by atoms with van der Waals surface area (Å²) in [6.07, 6.45) is 10.3. The first-order chi connectivity index (χ1) is 9.18. The number of hydrogen-bond acceptors (Lipinski definition) is 2. The van der Waals surface area contributed by atoms with E-state index in [4.69, 9.17) is 5.73 Å². The summed E-state index contributed by atoms with van der Waals surface area (Å²) in [4.78, 5) is 22.0. The SMILES string of the molecule is NC(=O)NCCCCC(=O)NCCC1=CCCCC1. The van der Waals surface area contributed by atoms with Crippen LogP contribution in [-0.4, -0.2) is 25.0 Å². The Balaban J connectivity index is 1.95. The van der Waals surface area contributed by atoms with Crippen molar-refractivity contribution in [3.05, 3.63) is 11.6 Å². The minimum Gasteiger partial charge on any atom is -0.356 e. The highest BCUT2D eigenvalue weighted by atomic mass is 16.2. The van der Waals surface area contributed by atoms with Gasteiger partial charge >= 0.3 is 6.03 Å². The predicted octanol–water partition coefficient (Wildman–Crippen LogP) is 1.83. The second-order valence-electron chi connectivity index (χ2n) is 4.96. The van der Waals surface area contributed by atoms with Crippen LogP contribution in [0.4, 0.5) is 4.79 Å². The number of carbonyl (C=O) groups excluding carboxylic acids is 2. The Bertz CT molecular complexity index is 327. The molecule has 0 saturated heterocycles. The van der Waals surface area contributed by atoms with Crippen molar-refractivity contribution in [2.75, 3.05) is 13.1 Å². The van der Waals surface area contributed by atoms with Gasteiger partial charge in [-0.05, 0) is 44.9 Å². The quantitative estimate of drug-likeness (QED) is 0.463. The van der Waals surface area contributed by atoms with Gasteiger partial charge in [0.2, 0.25) is 5.91 Å². The third-order valence-corrected chi connectivity index (χ3v) is 3.28. The first-order valence-electron chi connectivity index (χ1n) is 7.16. The smallest absolute Gasteiger partial charge is 0.312 e. The topological polar surface area (TPSA) is 84.2 Å². The summed E-state index contributed by atoms with van der Waals surface area (Å²) in [6, 6.07) is -0.509. The number of nitrogens with one attached hydrogen (secondary N) is 2. The van der Waals surface area contributed by atoms with Gasteiger partial charge in [0.1, 0.15) is 0 Å². The molecule has 0 aromatic carbocycles. The Kier molecular flexibility index (Phi) is 7.70. The van der Waals surface area contributed by atoms with Crippen LogP contribution in [0.15, 0.2) is 11.6 Å². The summed E-state index contributed by atoms with van der Waals surface area (Å²) in [6.45, 7) is 1.28. The molecule has 19 heavy (non-hydrogen) atoms. The van der Waals surface area contributed by atoms with Crippen molar-refractivity contribution in [1.29, 1.82) is 0 Å². The molecule has 0 radical (unpaired) electrons. The molecule has 1 aliphatic rings. The average Bonchev–Trinajstić information content (AvgIpc) is 2.39. The molecule has 0 aliphatic heterocycles. The normalized spacial score (nSPS) is 14.6.